The summed E-state index contributed by atoms with van der Waals surface area (Å²) in [4.78, 5) is 16.9. The summed E-state index contributed by atoms with van der Waals surface area (Å²) in [6, 6.07) is 9.96. The maximum Gasteiger partial charge on any atom is 0.318 e. The first-order valence-electron chi connectivity index (χ1n) is 9.99. The standard InChI is InChI=1S/C20H28N6O/c27-20(21-14-17-8-3-1-4-9-17)25-12-7-13-26-18(22-23-19(26)16-25)15-24-10-5-2-6-11-24/h1,3-4,8-9H,2,5-7,10-16H2,(H,21,27). The van der Waals surface area contributed by atoms with Crippen molar-refractivity contribution in [3.8, 4) is 0 Å². The van der Waals surface area contributed by atoms with Crippen LogP contribution < -0.4 is 5.32 Å². The zero-order chi connectivity index (χ0) is 18.5. The van der Waals surface area contributed by atoms with E-state index in [2.05, 4.69) is 25.0 Å². The summed E-state index contributed by atoms with van der Waals surface area (Å²) >= 11 is 0. The summed E-state index contributed by atoms with van der Waals surface area (Å²) in [5, 5.41) is 11.9. The third-order valence-corrected chi connectivity index (χ3v) is 5.43. The van der Waals surface area contributed by atoms with Gasteiger partial charge in [0.15, 0.2) is 5.82 Å². The van der Waals surface area contributed by atoms with Crippen LogP contribution in [0, 0.1) is 0 Å². The average Bonchev–Trinajstić information content (AvgIpc) is 2.95. The first kappa shape index (κ1) is 18.0. The van der Waals surface area contributed by atoms with E-state index >= 15 is 0 Å². The molecule has 0 radical (unpaired) electrons. The Labute approximate surface area is 160 Å². The molecule has 1 saturated heterocycles. The second-order valence-electron chi connectivity index (χ2n) is 7.44. The molecular formula is C20H28N6O. The van der Waals surface area contributed by atoms with Crippen molar-refractivity contribution in [1.29, 1.82) is 0 Å². The van der Waals surface area contributed by atoms with Crippen LogP contribution in [0.4, 0.5) is 4.79 Å². The van der Waals surface area contributed by atoms with Crippen LogP contribution in [-0.4, -0.2) is 50.2 Å². The molecule has 2 aliphatic rings. The number of rotatable bonds is 4. The van der Waals surface area contributed by atoms with E-state index < -0.39 is 0 Å². The molecule has 2 amide bonds. The lowest BCUT2D eigenvalue weighted by molar-refractivity contribution is 0.195. The molecule has 1 aromatic carbocycles. The average molecular weight is 368 g/mol. The molecule has 1 aromatic heterocycles. The predicted molar refractivity (Wildman–Crippen MR) is 103 cm³/mol. The molecule has 0 atom stereocenters. The molecule has 3 heterocycles. The first-order chi connectivity index (χ1) is 13.3. The summed E-state index contributed by atoms with van der Waals surface area (Å²) in [6.45, 7) is 5.86. The van der Waals surface area contributed by atoms with E-state index in [1.54, 1.807) is 0 Å². The fourth-order valence-electron chi connectivity index (χ4n) is 3.91. The highest BCUT2D eigenvalue weighted by atomic mass is 16.2. The van der Waals surface area contributed by atoms with Gasteiger partial charge < -0.3 is 14.8 Å². The zero-order valence-corrected chi connectivity index (χ0v) is 15.8. The van der Waals surface area contributed by atoms with E-state index in [4.69, 9.17) is 0 Å². The molecule has 0 bridgehead atoms. The molecule has 7 heteroatoms. The number of benzene rings is 1. The van der Waals surface area contributed by atoms with E-state index in [0.717, 1.165) is 56.4 Å². The predicted octanol–water partition coefficient (Wildman–Crippen LogP) is 2.38. The van der Waals surface area contributed by atoms with Crippen LogP contribution in [0.15, 0.2) is 30.3 Å². The fourth-order valence-corrected chi connectivity index (χ4v) is 3.91. The van der Waals surface area contributed by atoms with Crippen molar-refractivity contribution in [2.45, 2.75) is 51.9 Å². The number of carbonyl (C=O) groups is 1. The number of urea groups is 1. The Bertz CT molecular complexity index is 753. The Balaban J connectivity index is 1.37. The molecule has 7 nitrogen and oxygen atoms in total. The largest absolute Gasteiger partial charge is 0.334 e. The number of amides is 2. The molecule has 2 aromatic rings. The maximum atomic E-state index is 12.6. The number of carbonyl (C=O) groups excluding carboxylic acids is 1. The highest BCUT2D eigenvalue weighted by Crippen LogP contribution is 2.16. The Morgan fingerprint density at radius 2 is 1.78 bits per heavy atom. The molecule has 0 aliphatic carbocycles. The minimum atomic E-state index is -0.0344. The van der Waals surface area contributed by atoms with Gasteiger partial charge in [-0.25, -0.2) is 4.79 Å². The van der Waals surface area contributed by atoms with E-state index in [1.165, 1.54) is 19.3 Å². The van der Waals surface area contributed by atoms with Crippen molar-refractivity contribution in [2.24, 2.45) is 0 Å². The SMILES string of the molecule is O=C(NCc1ccccc1)N1CCCn2c(CN3CCCCC3)nnc2C1. The van der Waals surface area contributed by atoms with Crippen LogP contribution in [0.25, 0.3) is 0 Å². The Hall–Kier alpha value is -2.41. The van der Waals surface area contributed by atoms with Crippen molar-refractivity contribution in [2.75, 3.05) is 19.6 Å². The molecule has 1 fully saturated rings. The number of hydrogen-bond donors (Lipinski definition) is 1. The lowest BCUT2D eigenvalue weighted by atomic mass is 10.1. The van der Waals surface area contributed by atoms with Gasteiger partial charge in [0.05, 0.1) is 13.1 Å². The quantitative estimate of drug-likeness (QED) is 0.900. The van der Waals surface area contributed by atoms with Crippen LogP contribution in [-0.2, 0) is 26.2 Å². The highest BCUT2D eigenvalue weighted by Gasteiger charge is 2.23. The number of hydrogen-bond acceptors (Lipinski definition) is 4. The fraction of sp³-hybridized carbons (Fsp3) is 0.550. The summed E-state index contributed by atoms with van der Waals surface area (Å²) in [5.74, 6) is 1.94. The second kappa shape index (κ2) is 8.52. The third kappa shape index (κ3) is 4.47. The van der Waals surface area contributed by atoms with Gasteiger partial charge in [0, 0.05) is 19.6 Å². The van der Waals surface area contributed by atoms with Gasteiger partial charge in [0.1, 0.15) is 5.82 Å². The number of fused-ring (bicyclic) bond motifs is 1. The number of aromatic nitrogens is 3. The monoisotopic (exact) mass is 368 g/mol. The van der Waals surface area contributed by atoms with Gasteiger partial charge in [0.2, 0.25) is 0 Å². The number of nitrogens with one attached hydrogen (secondary N) is 1. The molecule has 27 heavy (non-hydrogen) atoms. The van der Waals surface area contributed by atoms with E-state index in [1.807, 2.05) is 35.2 Å². The molecular weight excluding hydrogens is 340 g/mol. The third-order valence-electron chi connectivity index (χ3n) is 5.43. The van der Waals surface area contributed by atoms with Gasteiger partial charge in [-0.2, -0.15) is 0 Å². The lowest BCUT2D eigenvalue weighted by Crippen LogP contribution is -2.39. The first-order valence-corrected chi connectivity index (χ1v) is 9.99. The van der Waals surface area contributed by atoms with E-state index in [0.29, 0.717) is 13.1 Å². The van der Waals surface area contributed by atoms with Gasteiger partial charge >= 0.3 is 6.03 Å². The number of piperidine rings is 1. The Morgan fingerprint density at radius 3 is 2.59 bits per heavy atom. The second-order valence-corrected chi connectivity index (χ2v) is 7.44. The van der Waals surface area contributed by atoms with Gasteiger partial charge in [-0.15, -0.1) is 10.2 Å². The summed E-state index contributed by atoms with van der Waals surface area (Å²) < 4.78 is 2.22. The van der Waals surface area contributed by atoms with Gasteiger partial charge in [-0.3, -0.25) is 4.90 Å². The zero-order valence-electron chi connectivity index (χ0n) is 15.8. The summed E-state index contributed by atoms with van der Waals surface area (Å²) in [5.41, 5.74) is 1.10. The van der Waals surface area contributed by atoms with Crippen molar-refractivity contribution in [3.63, 3.8) is 0 Å². The van der Waals surface area contributed by atoms with Gasteiger partial charge in [-0.1, -0.05) is 36.8 Å². The topological polar surface area (TPSA) is 66.3 Å². The van der Waals surface area contributed by atoms with Gasteiger partial charge in [0.25, 0.3) is 0 Å². The Morgan fingerprint density at radius 1 is 0.963 bits per heavy atom. The molecule has 0 unspecified atom stereocenters. The lowest BCUT2D eigenvalue weighted by Gasteiger charge is -2.25. The van der Waals surface area contributed by atoms with E-state index in [-0.39, 0.29) is 6.03 Å². The maximum absolute atomic E-state index is 12.6. The van der Waals surface area contributed by atoms with E-state index in [9.17, 15) is 4.79 Å². The molecule has 4 rings (SSSR count). The minimum Gasteiger partial charge on any atom is -0.334 e. The summed E-state index contributed by atoms with van der Waals surface area (Å²) in [6.07, 6.45) is 4.81. The number of nitrogens with zero attached hydrogens (tertiary/aromatic N) is 5. The van der Waals surface area contributed by atoms with Crippen molar-refractivity contribution >= 4 is 6.03 Å². The van der Waals surface area contributed by atoms with Gasteiger partial charge in [-0.05, 0) is 37.9 Å². The molecule has 0 spiro atoms. The Kier molecular flexibility index (Phi) is 5.67. The van der Waals surface area contributed by atoms with Crippen LogP contribution in [0.2, 0.25) is 0 Å². The molecule has 0 saturated carbocycles. The van der Waals surface area contributed by atoms with Crippen molar-refractivity contribution in [1.82, 2.24) is 29.9 Å². The highest BCUT2D eigenvalue weighted by molar-refractivity contribution is 5.74. The van der Waals surface area contributed by atoms with Crippen LogP contribution in [0.1, 0.15) is 42.9 Å². The summed E-state index contributed by atoms with van der Waals surface area (Å²) in [7, 11) is 0. The smallest absolute Gasteiger partial charge is 0.318 e. The molecule has 1 N–H and O–H groups in total. The normalized spacial score (nSPS) is 18.0. The molecule has 144 valence electrons. The minimum absolute atomic E-state index is 0.0344. The molecule has 2 aliphatic heterocycles. The van der Waals surface area contributed by atoms with Crippen LogP contribution in [0.3, 0.4) is 0 Å². The van der Waals surface area contributed by atoms with Crippen molar-refractivity contribution in [3.05, 3.63) is 47.5 Å². The van der Waals surface area contributed by atoms with Crippen molar-refractivity contribution < 1.29 is 4.79 Å². The van der Waals surface area contributed by atoms with Crippen LogP contribution >= 0.6 is 0 Å². The van der Waals surface area contributed by atoms with Crippen LogP contribution in [0.5, 0.6) is 0 Å². The number of likely N-dealkylation sites (tertiary alicyclic amines) is 1.